The summed E-state index contributed by atoms with van der Waals surface area (Å²) in [5.41, 5.74) is 9.96. The first-order valence-corrected chi connectivity index (χ1v) is 6.93. The van der Waals surface area contributed by atoms with Gasteiger partial charge < -0.3 is 11.1 Å². The molecular weight excluding hydrogens is 260 g/mol. The second-order valence-electron chi connectivity index (χ2n) is 5.04. The average molecular weight is 280 g/mol. The molecule has 0 radical (unpaired) electrons. The highest BCUT2D eigenvalue weighted by molar-refractivity contribution is 6.09. The van der Waals surface area contributed by atoms with Crippen LogP contribution in [0.2, 0.25) is 0 Å². The number of carbonyl (C=O) groups is 1. The molecule has 3 N–H and O–H groups in total. The van der Waals surface area contributed by atoms with Crippen molar-refractivity contribution in [2.45, 2.75) is 20.4 Å². The Bertz CT molecular complexity index is 660. The molecule has 3 nitrogen and oxygen atoms in total. The van der Waals surface area contributed by atoms with Crippen LogP contribution in [-0.2, 0) is 6.54 Å². The highest BCUT2D eigenvalue weighted by Crippen LogP contribution is 2.15. The maximum atomic E-state index is 12.3. The molecule has 108 valence electrons. The summed E-state index contributed by atoms with van der Waals surface area (Å²) in [6.07, 6.45) is 1.58. The number of hydrogen-bond donors (Lipinski definition) is 2. The number of ketones is 1. The minimum absolute atomic E-state index is 0.142. The Morgan fingerprint density at radius 2 is 1.81 bits per heavy atom. The molecule has 21 heavy (non-hydrogen) atoms. The number of allylic oxidation sites excluding steroid dienone is 1. The number of benzene rings is 2. The van der Waals surface area contributed by atoms with E-state index in [1.54, 1.807) is 6.20 Å². The molecule has 0 aliphatic carbocycles. The summed E-state index contributed by atoms with van der Waals surface area (Å²) in [7, 11) is 0. The Kier molecular flexibility index (Phi) is 4.77. The van der Waals surface area contributed by atoms with Gasteiger partial charge in [-0.1, -0.05) is 48.5 Å². The van der Waals surface area contributed by atoms with Crippen LogP contribution in [0.3, 0.4) is 0 Å². The molecule has 0 aliphatic heterocycles. The molecule has 2 rings (SSSR count). The van der Waals surface area contributed by atoms with E-state index in [1.807, 2.05) is 62.4 Å². The van der Waals surface area contributed by atoms with Gasteiger partial charge in [0.05, 0.1) is 5.70 Å². The molecule has 2 aromatic rings. The number of nitrogens with two attached hydrogens (primary N) is 1. The number of rotatable bonds is 5. The maximum Gasteiger partial charge on any atom is 0.210 e. The lowest BCUT2D eigenvalue weighted by atomic mass is 9.99. The summed E-state index contributed by atoms with van der Waals surface area (Å²) >= 11 is 0. The van der Waals surface area contributed by atoms with E-state index in [9.17, 15) is 4.79 Å². The van der Waals surface area contributed by atoms with Crippen LogP contribution in [0.4, 0.5) is 0 Å². The Labute approximate surface area is 125 Å². The highest BCUT2D eigenvalue weighted by atomic mass is 16.1. The summed E-state index contributed by atoms with van der Waals surface area (Å²) in [6, 6.07) is 15.6. The first-order chi connectivity index (χ1) is 10.1. The summed E-state index contributed by atoms with van der Waals surface area (Å²) in [5, 5.41) is 3.08. The number of aryl methyl sites for hydroxylation is 1. The zero-order valence-electron chi connectivity index (χ0n) is 12.4. The summed E-state index contributed by atoms with van der Waals surface area (Å²) < 4.78 is 0. The molecule has 0 amide bonds. The lowest BCUT2D eigenvalue weighted by Gasteiger charge is -2.08. The Morgan fingerprint density at radius 3 is 2.52 bits per heavy atom. The fourth-order valence-electron chi connectivity index (χ4n) is 2.09. The van der Waals surface area contributed by atoms with Crippen LogP contribution in [-0.4, -0.2) is 5.78 Å². The van der Waals surface area contributed by atoms with Gasteiger partial charge in [0, 0.05) is 18.3 Å². The predicted molar refractivity (Wildman–Crippen MR) is 85.8 cm³/mol. The molecule has 0 unspecified atom stereocenters. The molecule has 0 fully saturated rings. The van der Waals surface area contributed by atoms with Crippen molar-refractivity contribution in [3.63, 3.8) is 0 Å². The van der Waals surface area contributed by atoms with E-state index in [0.717, 1.165) is 16.7 Å². The molecule has 0 spiro atoms. The van der Waals surface area contributed by atoms with Crippen molar-refractivity contribution < 1.29 is 4.79 Å². The normalized spacial score (nSPS) is 11.2. The van der Waals surface area contributed by atoms with Crippen LogP contribution in [0.5, 0.6) is 0 Å². The maximum absolute atomic E-state index is 12.3. The van der Waals surface area contributed by atoms with Crippen molar-refractivity contribution >= 4 is 5.78 Å². The summed E-state index contributed by atoms with van der Waals surface area (Å²) in [6.45, 7) is 4.56. The fourth-order valence-corrected chi connectivity index (χ4v) is 2.09. The van der Waals surface area contributed by atoms with Gasteiger partial charge in [-0.2, -0.15) is 0 Å². The van der Waals surface area contributed by atoms with E-state index in [-0.39, 0.29) is 11.5 Å². The third kappa shape index (κ3) is 3.72. The quantitative estimate of drug-likeness (QED) is 0.653. The predicted octanol–water partition coefficient (Wildman–Crippen LogP) is 3.08. The third-order valence-corrected chi connectivity index (χ3v) is 3.52. The van der Waals surface area contributed by atoms with Crippen LogP contribution in [0.25, 0.3) is 0 Å². The monoisotopic (exact) mass is 280 g/mol. The zero-order chi connectivity index (χ0) is 15.2. The van der Waals surface area contributed by atoms with Gasteiger partial charge in [-0.05, 0) is 30.5 Å². The molecular formula is C18H20N2O. The number of hydrogen-bond acceptors (Lipinski definition) is 3. The molecule has 0 saturated carbocycles. The van der Waals surface area contributed by atoms with E-state index in [2.05, 4.69) is 5.32 Å². The van der Waals surface area contributed by atoms with Crippen molar-refractivity contribution in [3.05, 3.63) is 82.7 Å². The van der Waals surface area contributed by atoms with Crippen molar-refractivity contribution in [1.29, 1.82) is 0 Å². The van der Waals surface area contributed by atoms with Crippen LogP contribution < -0.4 is 11.1 Å². The number of nitrogens with one attached hydrogen (secondary N) is 1. The second-order valence-corrected chi connectivity index (χ2v) is 5.04. The van der Waals surface area contributed by atoms with Gasteiger partial charge in [-0.3, -0.25) is 4.79 Å². The largest absolute Gasteiger partial charge is 0.394 e. The van der Waals surface area contributed by atoms with E-state index in [4.69, 9.17) is 5.73 Å². The second kappa shape index (κ2) is 6.75. The molecule has 0 saturated heterocycles. The van der Waals surface area contributed by atoms with Crippen LogP contribution in [0, 0.1) is 13.8 Å². The van der Waals surface area contributed by atoms with Gasteiger partial charge in [0.1, 0.15) is 0 Å². The first-order valence-electron chi connectivity index (χ1n) is 6.93. The minimum Gasteiger partial charge on any atom is -0.394 e. The molecule has 0 bridgehead atoms. The van der Waals surface area contributed by atoms with E-state index < -0.39 is 0 Å². The average Bonchev–Trinajstić information content (AvgIpc) is 2.50. The molecule has 0 aromatic heterocycles. The standard InChI is InChI=1S/C18H20N2O/c1-13-7-6-10-16(14(13)2)18(21)17(19)12-20-11-15-8-4-3-5-9-15/h3-10,12,20H,11,19H2,1-2H3/b17-12-. The lowest BCUT2D eigenvalue weighted by molar-refractivity contribution is 0.103. The molecule has 0 aliphatic rings. The van der Waals surface area contributed by atoms with Gasteiger partial charge in [-0.25, -0.2) is 0 Å². The topological polar surface area (TPSA) is 55.1 Å². The first kappa shape index (κ1) is 14.9. The molecule has 0 heterocycles. The Morgan fingerprint density at radius 1 is 1.10 bits per heavy atom. The fraction of sp³-hybridized carbons (Fsp3) is 0.167. The highest BCUT2D eigenvalue weighted by Gasteiger charge is 2.12. The van der Waals surface area contributed by atoms with E-state index >= 15 is 0 Å². The third-order valence-electron chi connectivity index (χ3n) is 3.52. The van der Waals surface area contributed by atoms with Crippen molar-refractivity contribution in [1.82, 2.24) is 5.32 Å². The SMILES string of the molecule is Cc1cccc(C(=O)/C(N)=C/NCc2ccccc2)c1C. The van der Waals surface area contributed by atoms with Crippen LogP contribution in [0.15, 0.2) is 60.4 Å². The van der Waals surface area contributed by atoms with E-state index in [0.29, 0.717) is 12.1 Å². The molecule has 0 atom stereocenters. The summed E-state index contributed by atoms with van der Waals surface area (Å²) in [4.78, 5) is 12.3. The Balaban J connectivity index is 2.05. The van der Waals surface area contributed by atoms with Gasteiger partial charge in [0.15, 0.2) is 0 Å². The van der Waals surface area contributed by atoms with Gasteiger partial charge >= 0.3 is 0 Å². The lowest BCUT2D eigenvalue weighted by Crippen LogP contribution is -2.17. The van der Waals surface area contributed by atoms with Gasteiger partial charge in [0.2, 0.25) is 5.78 Å². The smallest absolute Gasteiger partial charge is 0.210 e. The number of Topliss-reactive ketones (excluding diaryl/α,β-unsaturated/α-hetero) is 1. The van der Waals surface area contributed by atoms with Gasteiger partial charge in [-0.15, -0.1) is 0 Å². The van der Waals surface area contributed by atoms with Crippen molar-refractivity contribution in [2.24, 2.45) is 5.73 Å². The zero-order valence-corrected chi connectivity index (χ0v) is 12.4. The number of carbonyl (C=O) groups excluding carboxylic acids is 1. The molecule has 3 heteroatoms. The Hall–Kier alpha value is -2.55. The van der Waals surface area contributed by atoms with Crippen LogP contribution >= 0.6 is 0 Å². The minimum atomic E-state index is -0.142. The van der Waals surface area contributed by atoms with Crippen molar-refractivity contribution in [2.75, 3.05) is 0 Å². The van der Waals surface area contributed by atoms with E-state index in [1.165, 1.54) is 0 Å². The van der Waals surface area contributed by atoms with Gasteiger partial charge in [0.25, 0.3) is 0 Å². The summed E-state index contributed by atoms with van der Waals surface area (Å²) in [5.74, 6) is -0.142. The van der Waals surface area contributed by atoms with Crippen molar-refractivity contribution in [3.8, 4) is 0 Å². The molecule has 2 aromatic carbocycles. The van der Waals surface area contributed by atoms with Crippen LogP contribution in [0.1, 0.15) is 27.0 Å².